The second-order valence-electron chi connectivity index (χ2n) is 4.05. The number of hydrogen-bond acceptors (Lipinski definition) is 1. The SMILES string of the molecule is [C-]#[N+]CCc1cccc(OCc2ccccc2)c1. The molecule has 0 N–H and O–H groups in total. The first-order valence-electron chi connectivity index (χ1n) is 5.97. The van der Waals surface area contributed by atoms with Gasteiger partial charge in [0, 0.05) is 6.42 Å². The van der Waals surface area contributed by atoms with Gasteiger partial charge in [0.25, 0.3) is 0 Å². The molecule has 90 valence electrons. The van der Waals surface area contributed by atoms with Crippen LogP contribution in [0.4, 0.5) is 0 Å². The minimum absolute atomic E-state index is 0.530. The average Bonchev–Trinajstić information content (AvgIpc) is 2.44. The lowest BCUT2D eigenvalue weighted by Crippen LogP contribution is -1.96. The standard InChI is InChI=1S/C16H15NO/c1-17-11-10-14-8-5-9-16(12-14)18-13-15-6-3-2-4-7-15/h2-9,12H,10-11,13H2. The molecule has 2 rings (SSSR count). The fraction of sp³-hybridized carbons (Fsp3) is 0.188. The topological polar surface area (TPSA) is 13.6 Å². The zero-order valence-electron chi connectivity index (χ0n) is 10.2. The number of nitrogens with zero attached hydrogens (tertiary/aromatic N) is 1. The van der Waals surface area contributed by atoms with Gasteiger partial charge in [-0.2, -0.15) is 0 Å². The summed E-state index contributed by atoms with van der Waals surface area (Å²) in [5.41, 5.74) is 2.31. The summed E-state index contributed by atoms with van der Waals surface area (Å²) >= 11 is 0. The largest absolute Gasteiger partial charge is 0.489 e. The summed E-state index contributed by atoms with van der Waals surface area (Å²) in [5.74, 6) is 0.862. The van der Waals surface area contributed by atoms with Crippen LogP contribution in [0.5, 0.6) is 5.75 Å². The fourth-order valence-corrected chi connectivity index (χ4v) is 1.72. The highest BCUT2D eigenvalue weighted by molar-refractivity contribution is 5.29. The van der Waals surface area contributed by atoms with Crippen LogP contribution in [0.1, 0.15) is 11.1 Å². The van der Waals surface area contributed by atoms with Crippen molar-refractivity contribution >= 4 is 0 Å². The molecule has 0 saturated heterocycles. The number of benzene rings is 2. The van der Waals surface area contributed by atoms with Crippen molar-refractivity contribution < 1.29 is 4.74 Å². The zero-order chi connectivity index (χ0) is 12.6. The Balaban J connectivity index is 1.95. The summed E-state index contributed by atoms with van der Waals surface area (Å²) in [6.45, 7) is 7.90. The Hall–Kier alpha value is -2.27. The summed E-state index contributed by atoms with van der Waals surface area (Å²) in [7, 11) is 0. The summed E-state index contributed by atoms with van der Waals surface area (Å²) in [5, 5.41) is 0. The van der Waals surface area contributed by atoms with Gasteiger partial charge >= 0.3 is 0 Å². The number of rotatable bonds is 5. The van der Waals surface area contributed by atoms with E-state index in [1.54, 1.807) is 0 Å². The Morgan fingerprint density at radius 2 is 1.72 bits per heavy atom. The molecule has 2 heteroatoms. The minimum atomic E-state index is 0.530. The van der Waals surface area contributed by atoms with Gasteiger partial charge in [0.05, 0.1) is 0 Å². The minimum Gasteiger partial charge on any atom is -0.489 e. The summed E-state index contributed by atoms with van der Waals surface area (Å²) in [4.78, 5) is 3.36. The van der Waals surface area contributed by atoms with Gasteiger partial charge in [-0.3, -0.25) is 0 Å². The second kappa shape index (κ2) is 6.46. The van der Waals surface area contributed by atoms with Crippen molar-refractivity contribution in [2.24, 2.45) is 0 Å². The lowest BCUT2D eigenvalue weighted by atomic mass is 10.1. The Kier molecular flexibility index (Phi) is 4.38. The van der Waals surface area contributed by atoms with Gasteiger partial charge in [0.1, 0.15) is 12.4 Å². The highest BCUT2D eigenvalue weighted by Gasteiger charge is 1.99. The molecule has 0 atom stereocenters. The van der Waals surface area contributed by atoms with Gasteiger partial charge < -0.3 is 9.58 Å². The Labute approximate surface area is 108 Å². The van der Waals surface area contributed by atoms with E-state index in [1.165, 1.54) is 0 Å². The first-order chi connectivity index (χ1) is 8.88. The van der Waals surface area contributed by atoms with Crippen LogP contribution in [0.15, 0.2) is 54.6 Å². The molecule has 0 aromatic heterocycles. The summed E-state index contributed by atoms with van der Waals surface area (Å²) < 4.78 is 5.74. The number of ether oxygens (including phenoxy) is 1. The van der Waals surface area contributed by atoms with Crippen molar-refractivity contribution in [3.63, 3.8) is 0 Å². The normalized spacial score (nSPS) is 9.72. The molecule has 0 unspecified atom stereocenters. The molecule has 2 aromatic carbocycles. The van der Waals surface area contributed by atoms with Gasteiger partial charge in [-0.05, 0) is 23.3 Å². The van der Waals surface area contributed by atoms with Gasteiger partial charge in [-0.25, -0.2) is 6.57 Å². The van der Waals surface area contributed by atoms with Crippen molar-refractivity contribution in [1.82, 2.24) is 0 Å². The first kappa shape index (κ1) is 12.2. The van der Waals surface area contributed by atoms with Crippen molar-refractivity contribution in [1.29, 1.82) is 0 Å². The van der Waals surface area contributed by atoms with Crippen molar-refractivity contribution in [3.05, 3.63) is 77.1 Å². The molecule has 0 amide bonds. The summed E-state index contributed by atoms with van der Waals surface area (Å²) in [6, 6.07) is 18.1. The third-order valence-electron chi connectivity index (χ3n) is 2.66. The molecule has 2 nitrogen and oxygen atoms in total. The van der Waals surface area contributed by atoms with E-state index >= 15 is 0 Å². The van der Waals surface area contributed by atoms with Crippen LogP contribution in [0.2, 0.25) is 0 Å². The quantitative estimate of drug-likeness (QED) is 0.722. The van der Waals surface area contributed by atoms with Gasteiger partial charge in [-0.1, -0.05) is 42.5 Å². The lowest BCUT2D eigenvalue weighted by molar-refractivity contribution is 0.306. The summed E-state index contributed by atoms with van der Waals surface area (Å²) in [6.07, 6.45) is 0.784. The predicted octanol–water partition coefficient (Wildman–Crippen LogP) is 3.73. The first-order valence-corrected chi connectivity index (χ1v) is 5.97. The highest BCUT2D eigenvalue weighted by Crippen LogP contribution is 2.15. The van der Waals surface area contributed by atoms with E-state index in [1.807, 2.05) is 54.6 Å². The van der Waals surface area contributed by atoms with Gasteiger partial charge in [0.15, 0.2) is 0 Å². The monoisotopic (exact) mass is 237 g/mol. The van der Waals surface area contributed by atoms with Crippen LogP contribution >= 0.6 is 0 Å². The maximum atomic E-state index is 6.79. The fourth-order valence-electron chi connectivity index (χ4n) is 1.72. The third kappa shape index (κ3) is 3.64. The zero-order valence-corrected chi connectivity index (χ0v) is 10.2. The molecular formula is C16H15NO. The molecule has 0 spiro atoms. The van der Waals surface area contributed by atoms with E-state index < -0.39 is 0 Å². The van der Waals surface area contributed by atoms with Crippen molar-refractivity contribution in [2.45, 2.75) is 13.0 Å². The molecule has 0 saturated carbocycles. The third-order valence-corrected chi connectivity index (χ3v) is 2.66. The Morgan fingerprint density at radius 3 is 2.50 bits per heavy atom. The maximum Gasteiger partial charge on any atom is 0.218 e. The molecular weight excluding hydrogens is 222 g/mol. The number of hydrogen-bond donors (Lipinski definition) is 0. The van der Waals surface area contributed by atoms with Gasteiger partial charge in [-0.15, -0.1) is 0 Å². The molecule has 0 aliphatic heterocycles. The molecule has 18 heavy (non-hydrogen) atoms. The van der Waals surface area contributed by atoms with Crippen LogP contribution < -0.4 is 4.74 Å². The molecule has 0 fully saturated rings. The molecule has 0 aliphatic rings. The molecule has 2 aromatic rings. The van der Waals surface area contributed by atoms with Crippen LogP contribution in [0.3, 0.4) is 0 Å². The average molecular weight is 237 g/mol. The Bertz CT molecular complexity index is 528. The molecule has 0 heterocycles. The van der Waals surface area contributed by atoms with Crippen molar-refractivity contribution in [3.8, 4) is 5.75 Å². The predicted molar refractivity (Wildman–Crippen MR) is 72.4 cm³/mol. The second-order valence-corrected chi connectivity index (χ2v) is 4.05. The maximum absolute atomic E-state index is 6.79. The van der Waals surface area contributed by atoms with Gasteiger partial charge in [0.2, 0.25) is 6.54 Å². The van der Waals surface area contributed by atoms with Crippen LogP contribution in [-0.2, 0) is 13.0 Å². The van der Waals surface area contributed by atoms with E-state index in [0.29, 0.717) is 13.2 Å². The molecule has 0 bridgehead atoms. The van der Waals surface area contributed by atoms with Crippen LogP contribution in [-0.4, -0.2) is 6.54 Å². The van der Waals surface area contributed by atoms with E-state index in [0.717, 1.165) is 23.3 Å². The van der Waals surface area contributed by atoms with E-state index in [4.69, 9.17) is 11.3 Å². The lowest BCUT2D eigenvalue weighted by Gasteiger charge is -2.07. The van der Waals surface area contributed by atoms with Crippen molar-refractivity contribution in [2.75, 3.05) is 6.54 Å². The molecule has 0 aliphatic carbocycles. The van der Waals surface area contributed by atoms with E-state index in [9.17, 15) is 0 Å². The highest BCUT2D eigenvalue weighted by atomic mass is 16.5. The van der Waals surface area contributed by atoms with E-state index in [2.05, 4.69) is 4.85 Å². The molecule has 0 radical (unpaired) electrons. The van der Waals surface area contributed by atoms with E-state index in [-0.39, 0.29) is 0 Å². The van der Waals surface area contributed by atoms with Crippen LogP contribution in [0, 0.1) is 6.57 Å². The Morgan fingerprint density at radius 1 is 0.944 bits per heavy atom. The van der Waals surface area contributed by atoms with Crippen LogP contribution in [0.25, 0.3) is 4.85 Å². The smallest absolute Gasteiger partial charge is 0.218 e.